The van der Waals surface area contributed by atoms with Crippen molar-refractivity contribution >= 4 is 29.1 Å². The Balaban J connectivity index is 0.00000162. The number of benzene rings is 2. The van der Waals surface area contributed by atoms with Crippen LogP contribution in [0.1, 0.15) is 0 Å². The summed E-state index contributed by atoms with van der Waals surface area (Å²) >= 11 is 0. The molecule has 0 unspecified atom stereocenters. The van der Waals surface area contributed by atoms with Crippen LogP contribution in [0.4, 0.5) is 0 Å². The highest BCUT2D eigenvalue weighted by atomic mass is 35.5. The summed E-state index contributed by atoms with van der Waals surface area (Å²) in [5.41, 5.74) is 0. The number of likely N-dealkylation sites (N-methyl/N-ethyl adjacent to an activating group) is 1. The van der Waals surface area contributed by atoms with Gasteiger partial charge < -0.3 is 15.1 Å². The van der Waals surface area contributed by atoms with Gasteiger partial charge >= 0.3 is 0 Å². The van der Waals surface area contributed by atoms with Gasteiger partial charge in [0.05, 0.1) is 0 Å². The van der Waals surface area contributed by atoms with E-state index in [-0.39, 0.29) is 30.4 Å². The van der Waals surface area contributed by atoms with Crippen LogP contribution in [0, 0.1) is 0 Å². The summed E-state index contributed by atoms with van der Waals surface area (Å²) in [6.07, 6.45) is 0. The third kappa shape index (κ3) is 4.12. The zero-order chi connectivity index (χ0) is 12.3. The molecule has 104 valence electrons. The van der Waals surface area contributed by atoms with Gasteiger partial charge in [0.25, 0.3) is 5.91 Å². The topological polar surface area (TPSA) is 61.0 Å². The zero-order valence-corrected chi connectivity index (χ0v) is 11.7. The number of nitrogens with zero attached hydrogens (tertiary/aromatic N) is 1. The Bertz CT molecular complexity index is 538. The first-order valence-corrected chi connectivity index (χ1v) is 5.49. The molecule has 2 rings (SSSR count). The van der Waals surface area contributed by atoms with Gasteiger partial charge in [0.1, 0.15) is 5.75 Å². The van der Waals surface area contributed by atoms with Gasteiger partial charge in [-0.2, -0.15) is 0 Å². The van der Waals surface area contributed by atoms with Crippen LogP contribution in [0.25, 0.3) is 10.8 Å². The van der Waals surface area contributed by atoms with E-state index in [0.29, 0.717) is 0 Å². The number of amides is 1. The van der Waals surface area contributed by atoms with Gasteiger partial charge in [0.15, 0.2) is 6.61 Å². The standard InChI is InChI=1S/C14H15NO2.ClH.H2O/c1-15(2)14(16)10-17-13-9-5-7-11-6-3-4-8-12(11)13;;/h3-9H,10H2,1-2H3;1H;1H2. The molecule has 0 radical (unpaired) electrons. The molecule has 0 bridgehead atoms. The van der Waals surface area contributed by atoms with Crippen molar-refractivity contribution in [3.05, 3.63) is 42.5 Å². The van der Waals surface area contributed by atoms with Crippen molar-refractivity contribution in [2.24, 2.45) is 0 Å². The largest absolute Gasteiger partial charge is 0.483 e. The fourth-order valence-electron chi connectivity index (χ4n) is 1.59. The van der Waals surface area contributed by atoms with E-state index in [2.05, 4.69) is 0 Å². The average Bonchev–Trinajstić information content (AvgIpc) is 2.35. The lowest BCUT2D eigenvalue weighted by molar-refractivity contribution is -0.130. The fraction of sp³-hybridized carbons (Fsp3) is 0.214. The maximum atomic E-state index is 11.5. The first-order valence-electron chi connectivity index (χ1n) is 5.49. The molecule has 2 aromatic carbocycles. The van der Waals surface area contributed by atoms with Crippen molar-refractivity contribution in [2.75, 3.05) is 20.7 Å². The van der Waals surface area contributed by atoms with Crippen molar-refractivity contribution in [3.63, 3.8) is 0 Å². The number of hydrogen-bond acceptors (Lipinski definition) is 2. The SMILES string of the molecule is CN(C)C(=O)COc1cccc2ccccc12.Cl.O. The summed E-state index contributed by atoms with van der Waals surface area (Å²) < 4.78 is 5.55. The Morgan fingerprint density at radius 1 is 1.11 bits per heavy atom. The number of fused-ring (bicyclic) bond motifs is 1. The molecule has 0 aliphatic carbocycles. The van der Waals surface area contributed by atoms with Crippen LogP contribution < -0.4 is 4.74 Å². The van der Waals surface area contributed by atoms with E-state index < -0.39 is 0 Å². The summed E-state index contributed by atoms with van der Waals surface area (Å²) in [6.45, 7) is 0.0704. The van der Waals surface area contributed by atoms with Crippen LogP contribution in [0.15, 0.2) is 42.5 Å². The van der Waals surface area contributed by atoms with E-state index >= 15 is 0 Å². The van der Waals surface area contributed by atoms with Crippen LogP contribution in [0.5, 0.6) is 5.75 Å². The Morgan fingerprint density at radius 3 is 2.42 bits per heavy atom. The van der Waals surface area contributed by atoms with E-state index in [1.54, 1.807) is 14.1 Å². The molecular formula is C14H18ClNO3. The molecular weight excluding hydrogens is 266 g/mol. The van der Waals surface area contributed by atoms with Crippen molar-refractivity contribution in [1.82, 2.24) is 4.90 Å². The Hall–Kier alpha value is -1.78. The van der Waals surface area contributed by atoms with Crippen molar-refractivity contribution in [3.8, 4) is 5.75 Å². The van der Waals surface area contributed by atoms with Gasteiger partial charge in [-0.15, -0.1) is 12.4 Å². The number of carbonyl (C=O) groups is 1. The molecule has 0 aliphatic rings. The summed E-state index contributed by atoms with van der Waals surface area (Å²) in [5, 5.41) is 2.14. The summed E-state index contributed by atoms with van der Waals surface area (Å²) in [4.78, 5) is 13.0. The van der Waals surface area contributed by atoms with Gasteiger partial charge in [-0.25, -0.2) is 0 Å². The Kier molecular flexibility index (Phi) is 6.90. The minimum Gasteiger partial charge on any atom is -0.483 e. The molecule has 0 atom stereocenters. The number of hydrogen-bond donors (Lipinski definition) is 0. The maximum Gasteiger partial charge on any atom is 0.259 e. The lowest BCUT2D eigenvalue weighted by Crippen LogP contribution is -2.27. The summed E-state index contributed by atoms with van der Waals surface area (Å²) in [7, 11) is 3.43. The number of ether oxygens (including phenoxy) is 1. The van der Waals surface area contributed by atoms with Crippen molar-refractivity contribution in [2.45, 2.75) is 0 Å². The lowest BCUT2D eigenvalue weighted by atomic mass is 10.1. The van der Waals surface area contributed by atoms with Crippen LogP contribution in [0.3, 0.4) is 0 Å². The van der Waals surface area contributed by atoms with Gasteiger partial charge in [-0.3, -0.25) is 4.79 Å². The van der Waals surface area contributed by atoms with Gasteiger partial charge in [-0.05, 0) is 11.5 Å². The third-order valence-corrected chi connectivity index (χ3v) is 2.60. The van der Waals surface area contributed by atoms with E-state index in [4.69, 9.17) is 4.74 Å². The minimum atomic E-state index is -0.0436. The van der Waals surface area contributed by atoms with Gasteiger partial charge in [-0.1, -0.05) is 36.4 Å². The molecule has 2 aromatic rings. The molecule has 0 saturated carbocycles. The molecule has 19 heavy (non-hydrogen) atoms. The van der Waals surface area contributed by atoms with Crippen LogP contribution in [-0.4, -0.2) is 37.0 Å². The average molecular weight is 284 g/mol. The second kappa shape index (κ2) is 7.61. The molecule has 0 spiro atoms. The summed E-state index contributed by atoms with van der Waals surface area (Å²) in [6, 6.07) is 13.8. The second-order valence-electron chi connectivity index (χ2n) is 4.05. The van der Waals surface area contributed by atoms with Crippen molar-refractivity contribution in [1.29, 1.82) is 0 Å². The smallest absolute Gasteiger partial charge is 0.259 e. The second-order valence-corrected chi connectivity index (χ2v) is 4.05. The molecule has 4 nitrogen and oxygen atoms in total. The molecule has 0 heterocycles. The molecule has 1 amide bonds. The monoisotopic (exact) mass is 283 g/mol. The lowest BCUT2D eigenvalue weighted by Gasteiger charge is -2.12. The Morgan fingerprint density at radius 2 is 1.74 bits per heavy atom. The van der Waals surface area contributed by atoms with Crippen LogP contribution in [-0.2, 0) is 4.79 Å². The molecule has 0 aliphatic heterocycles. The van der Waals surface area contributed by atoms with Gasteiger partial charge in [0, 0.05) is 19.5 Å². The highest BCUT2D eigenvalue weighted by Gasteiger charge is 2.06. The molecule has 0 fully saturated rings. The number of rotatable bonds is 3. The van der Waals surface area contributed by atoms with Crippen LogP contribution >= 0.6 is 12.4 Å². The predicted molar refractivity (Wildman–Crippen MR) is 79.0 cm³/mol. The normalized spacial score (nSPS) is 9.16. The highest BCUT2D eigenvalue weighted by molar-refractivity contribution is 5.88. The molecule has 5 heteroatoms. The number of halogens is 1. The van der Waals surface area contributed by atoms with E-state index in [9.17, 15) is 4.79 Å². The van der Waals surface area contributed by atoms with Crippen molar-refractivity contribution < 1.29 is 15.0 Å². The minimum absolute atomic E-state index is 0. The first-order chi connectivity index (χ1) is 8.18. The molecule has 0 saturated heterocycles. The zero-order valence-electron chi connectivity index (χ0n) is 10.9. The van der Waals surface area contributed by atoms with E-state index in [1.165, 1.54) is 4.90 Å². The predicted octanol–water partition coefficient (Wildman–Crippen LogP) is 1.90. The quantitative estimate of drug-likeness (QED) is 0.864. The van der Waals surface area contributed by atoms with E-state index in [0.717, 1.165) is 16.5 Å². The highest BCUT2D eigenvalue weighted by Crippen LogP contribution is 2.24. The molecule has 2 N–H and O–H groups in total. The van der Waals surface area contributed by atoms with Gasteiger partial charge in [0.2, 0.25) is 0 Å². The molecule has 0 aromatic heterocycles. The third-order valence-electron chi connectivity index (χ3n) is 2.60. The van der Waals surface area contributed by atoms with E-state index in [1.807, 2.05) is 42.5 Å². The first kappa shape index (κ1) is 17.2. The summed E-state index contributed by atoms with van der Waals surface area (Å²) in [5.74, 6) is 0.705. The fourth-order valence-corrected chi connectivity index (χ4v) is 1.59. The Labute approximate surface area is 118 Å². The maximum absolute atomic E-state index is 11.5. The number of carbonyl (C=O) groups excluding carboxylic acids is 1. The van der Waals surface area contributed by atoms with Crippen LogP contribution in [0.2, 0.25) is 0 Å².